The molecule has 0 radical (unpaired) electrons. The van der Waals surface area contributed by atoms with E-state index in [1.165, 1.54) is 6.07 Å². The van der Waals surface area contributed by atoms with Gasteiger partial charge < -0.3 is 15.0 Å². The minimum Gasteiger partial charge on any atom is -0.467 e. The molecule has 2 unspecified atom stereocenters. The van der Waals surface area contributed by atoms with Gasteiger partial charge >= 0.3 is 0 Å². The number of nitro groups is 1. The van der Waals surface area contributed by atoms with Crippen LogP contribution in [0.4, 0.5) is 5.69 Å². The van der Waals surface area contributed by atoms with Crippen molar-refractivity contribution in [3.05, 3.63) is 46.5 Å². The highest BCUT2D eigenvalue weighted by Crippen LogP contribution is 2.48. The summed E-state index contributed by atoms with van der Waals surface area (Å²) in [5.74, 6) is 0.717. The number of nitro benzene ring substituents is 1. The second-order valence-corrected chi connectivity index (χ2v) is 6.14. The van der Waals surface area contributed by atoms with E-state index in [9.17, 15) is 10.1 Å². The molecule has 0 spiro atoms. The van der Waals surface area contributed by atoms with Crippen molar-refractivity contribution in [3.8, 4) is 5.75 Å². The molecule has 116 valence electrons. The number of hydrogen-bond acceptors (Lipinski definition) is 4. The topological polar surface area (TPSA) is 67.6 Å². The highest BCUT2D eigenvalue weighted by atomic mass is 32.1. The van der Waals surface area contributed by atoms with Crippen LogP contribution in [-0.4, -0.2) is 27.2 Å². The van der Waals surface area contributed by atoms with Crippen molar-refractivity contribution in [3.63, 3.8) is 0 Å². The molecule has 1 saturated heterocycles. The predicted molar refractivity (Wildman–Crippen MR) is 86.7 cm³/mol. The average molecular weight is 319 g/mol. The van der Waals surface area contributed by atoms with E-state index in [1.54, 1.807) is 18.2 Å². The normalized spacial score (nSPS) is 29.2. The molecule has 3 rings (SSSR count). The number of non-ortho nitro benzene ring substituents is 1. The Balaban J connectivity index is 2.11. The SMILES string of the molecule is C=CCN1C(=S)NC2c3cc([N+](=O)[O-])ccc3O[C@@]1(C)C2C. The Kier molecular flexibility index (Phi) is 3.32. The Bertz CT molecular complexity index is 678. The summed E-state index contributed by atoms with van der Waals surface area (Å²) >= 11 is 5.44. The number of nitrogens with one attached hydrogen (secondary N) is 1. The summed E-state index contributed by atoms with van der Waals surface area (Å²) in [6.45, 7) is 8.38. The zero-order chi connectivity index (χ0) is 16.1. The van der Waals surface area contributed by atoms with Crippen LogP contribution in [0.1, 0.15) is 25.5 Å². The van der Waals surface area contributed by atoms with Gasteiger partial charge in [0, 0.05) is 30.2 Å². The van der Waals surface area contributed by atoms with Gasteiger partial charge in [-0.3, -0.25) is 10.1 Å². The summed E-state index contributed by atoms with van der Waals surface area (Å²) in [5, 5.41) is 14.9. The summed E-state index contributed by atoms with van der Waals surface area (Å²) in [6, 6.07) is 4.58. The Morgan fingerprint density at radius 1 is 1.64 bits per heavy atom. The van der Waals surface area contributed by atoms with Gasteiger partial charge in [0.25, 0.3) is 5.69 Å². The number of thiocarbonyl (C=S) groups is 1. The quantitative estimate of drug-likeness (QED) is 0.400. The molecule has 7 heteroatoms. The number of ether oxygens (including phenoxy) is 1. The summed E-state index contributed by atoms with van der Waals surface area (Å²) in [7, 11) is 0. The first-order valence-electron chi connectivity index (χ1n) is 7.05. The third kappa shape index (κ3) is 1.96. The third-order valence-corrected chi connectivity index (χ3v) is 4.91. The van der Waals surface area contributed by atoms with E-state index >= 15 is 0 Å². The molecule has 6 nitrogen and oxygen atoms in total. The average Bonchev–Trinajstić information content (AvgIpc) is 2.47. The molecular weight excluding hydrogens is 302 g/mol. The van der Waals surface area contributed by atoms with Crippen molar-refractivity contribution >= 4 is 23.0 Å². The van der Waals surface area contributed by atoms with Crippen LogP contribution >= 0.6 is 12.2 Å². The largest absolute Gasteiger partial charge is 0.467 e. The van der Waals surface area contributed by atoms with Crippen LogP contribution in [0, 0.1) is 16.0 Å². The molecule has 0 aromatic heterocycles. The van der Waals surface area contributed by atoms with E-state index < -0.39 is 10.6 Å². The molecule has 1 aromatic carbocycles. The standard InChI is InChI=1S/C15H17N3O3S/c1-4-7-17-14(22)16-13-9(2)15(17,3)21-12-6-5-10(18(19)20)8-11(12)13/h4-6,8-9,13H,1,7H2,2-3H3,(H,16,22)/t9?,13?,15-/m0/s1. The van der Waals surface area contributed by atoms with Crippen molar-refractivity contribution in [2.45, 2.75) is 25.6 Å². The third-order valence-electron chi connectivity index (χ3n) is 4.57. The van der Waals surface area contributed by atoms with Gasteiger partial charge in [-0.2, -0.15) is 0 Å². The molecular formula is C15H17N3O3S. The Labute approximate surface area is 133 Å². The number of benzene rings is 1. The summed E-state index contributed by atoms with van der Waals surface area (Å²) < 4.78 is 6.20. The van der Waals surface area contributed by atoms with Crippen LogP contribution in [0.5, 0.6) is 5.75 Å². The molecule has 0 aliphatic carbocycles. The lowest BCUT2D eigenvalue weighted by Gasteiger charge is -2.55. The van der Waals surface area contributed by atoms with Crippen molar-refractivity contribution in [2.75, 3.05) is 6.54 Å². The first-order valence-corrected chi connectivity index (χ1v) is 7.45. The van der Waals surface area contributed by atoms with Gasteiger partial charge in [-0.1, -0.05) is 13.0 Å². The highest BCUT2D eigenvalue weighted by molar-refractivity contribution is 7.80. The summed E-state index contributed by atoms with van der Waals surface area (Å²) in [6.07, 6.45) is 1.78. The molecule has 1 fully saturated rings. The molecule has 1 N–H and O–H groups in total. The molecule has 2 aliphatic heterocycles. The maximum absolute atomic E-state index is 11.0. The van der Waals surface area contributed by atoms with Crippen LogP contribution in [0.25, 0.3) is 0 Å². The van der Waals surface area contributed by atoms with Gasteiger partial charge in [0.1, 0.15) is 5.75 Å². The molecule has 0 amide bonds. The second kappa shape index (κ2) is 4.95. The predicted octanol–water partition coefficient (Wildman–Crippen LogP) is 2.76. The van der Waals surface area contributed by atoms with Crippen molar-refractivity contribution in [2.24, 2.45) is 5.92 Å². The van der Waals surface area contributed by atoms with E-state index in [2.05, 4.69) is 18.8 Å². The molecule has 0 saturated carbocycles. The van der Waals surface area contributed by atoms with Gasteiger partial charge in [0.2, 0.25) is 0 Å². The van der Waals surface area contributed by atoms with Gasteiger partial charge in [0.05, 0.1) is 11.0 Å². The first kappa shape index (κ1) is 14.8. The van der Waals surface area contributed by atoms with Crippen molar-refractivity contribution in [1.29, 1.82) is 0 Å². The zero-order valence-electron chi connectivity index (χ0n) is 12.4. The van der Waals surface area contributed by atoms with Gasteiger partial charge in [-0.15, -0.1) is 6.58 Å². The Morgan fingerprint density at radius 2 is 2.36 bits per heavy atom. The van der Waals surface area contributed by atoms with Crippen LogP contribution in [0.2, 0.25) is 0 Å². The number of rotatable bonds is 3. The maximum Gasteiger partial charge on any atom is 0.270 e. The van der Waals surface area contributed by atoms with Gasteiger partial charge in [-0.05, 0) is 25.2 Å². The van der Waals surface area contributed by atoms with Crippen molar-refractivity contribution < 1.29 is 9.66 Å². The highest BCUT2D eigenvalue weighted by Gasteiger charge is 2.53. The second-order valence-electron chi connectivity index (χ2n) is 5.75. The minimum atomic E-state index is -0.607. The van der Waals surface area contributed by atoms with Crippen LogP contribution in [-0.2, 0) is 0 Å². The monoisotopic (exact) mass is 319 g/mol. The van der Waals surface area contributed by atoms with Gasteiger partial charge in [0.15, 0.2) is 10.8 Å². The lowest BCUT2D eigenvalue weighted by Crippen LogP contribution is -2.68. The molecule has 2 heterocycles. The Hall–Kier alpha value is -2.15. The van der Waals surface area contributed by atoms with E-state index in [1.807, 2.05) is 11.8 Å². The number of fused-ring (bicyclic) bond motifs is 4. The van der Waals surface area contributed by atoms with E-state index in [-0.39, 0.29) is 17.6 Å². The fraction of sp³-hybridized carbons (Fsp3) is 0.400. The fourth-order valence-electron chi connectivity index (χ4n) is 3.19. The van der Waals surface area contributed by atoms with Gasteiger partial charge in [-0.25, -0.2) is 0 Å². The van der Waals surface area contributed by atoms with Crippen LogP contribution < -0.4 is 10.1 Å². The maximum atomic E-state index is 11.0. The molecule has 3 atom stereocenters. The van der Waals surface area contributed by atoms with E-state index in [0.717, 1.165) is 5.56 Å². The summed E-state index contributed by atoms with van der Waals surface area (Å²) in [5.41, 5.74) is 0.226. The molecule has 2 aliphatic rings. The van der Waals surface area contributed by atoms with E-state index in [0.29, 0.717) is 17.4 Å². The lowest BCUT2D eigenvalue weighted by molar-refractivity contribution is -0.385. The number of hydrogen-bond donors (Lipinski definition) is 1. The lowest BCUT2D eigenvalue weighted by atomic mass is 9.81. The number of nitrogens with zero attached hydrogens (tertiary/aromatic N) is 2. The summed E-state index contributed by atoms with van der Waals surface area (Å²) in [4.78, 5) is 12.6. The minimum absolute atomic E-state index is 0.0550. The fourth-order valence-corrected chi connectivity index (χ4v) is 3.57. The molecule has 1 aromatic rings. The zero-order valence-corrected chi connectivity index (χ0v) is 13.2. The smallest absolute Gasteiger partial charge is 0.270 e. The first-order chi connectivity index (χ1) is 10.4. The van der Waals surface area contributed by atoms with Crippen molar-refractivity contribution in [1.82, 2.24) is 10.2 Å². The molecule has 22 heavy (non-hydrogen) atoms. The van der Waals surface area contributed by atoms with Crippen LogP contribution in [0.15, 0.2) is 30.9 Å². The van der Waals surface area contributed by atoms with E-state index in [4.69, 9.17) is 17.0 Å². The van der Waals surface area contributed by atoms with Crippen LogP contribution in [0.3, 0.4) is 0 Å². The molecule has 2 bridgehead atoms. The Morgan fingerprint density at radius 3 is 3.00 bits per heavy atom.